The first-order valence-corrected chi connectivity index (χ1v) is 8.97. The quantitative estimate of drug-likeness (QED) is 0.871. The second-order valence-electron chi connectivity index (χ2n) is 6.42. The van der Waals surface area contributed by atoms with Gasteiger partial charge in [-0.3, -0.25) is 9.69 Å². The van der Waals surface area contributed by atoms with E-state index < -0.39 is 0 Å². The Morgan fingerprint density at radius 3 is 2.48 bits per heavy atom. The Labute approximate surface area is 149 Å². The smallest absolute Gasteiger partial charge is 0.251 e. The van der Waals surface area contributed by atoms with Crippen LogP contribution in [-0.2, 0) is 0 Å². The summed E-state index contributed by atoms with van der Waals surface area (Å²) >= 11 is 0. The van der Waals surface area contributed by atoms with Crippen molar-refractivity contribution in [2.24, 2.45) is 0 Å². The normalized spacial score (nSPS) is 16.8. The van der Waals surface area contributed by atoms with Gasteiger partial charge in [0, 0.05) is 12.1 Å². The van der Waals surface area contributed by atoms with Crippen molar-refractivity contribution in [2.45, 2.75) is 31.7 Å². The largest absolute Gasteiger partial charge is 0.497 e. The van der Waals surface area contributed by atoms with E-state index in [0.29, 0.717) is 12.1 Å². The third-order valence-electron chi connectivity index (χ3n) is 4.76. The van der Waals surface area contributed by atoms with Crippen LogP contribution in [0.5, 0.6) is 5.75 Å². The highest BCUT2D eigenvalue weighted by Gasteiger charge is 2.24. The fourth-order valence-electron chi connectivity index (χ4n) is 3.33. The molecule has 1 aromatic heterocycles. The number of ether oxygens (including phenoxy) is 1. The van der Waals surface area contributed by atoms with Gasteiger partial charge in [-0.05, 0) is 62.3 Å². The molecule has 2 heterocycles. The summed E-state index contributed by atoms with van der Waals surface area (Å²) in [6, 6.07) is 11.1. The van der Waals surface area contributed by atoms with Gasteiger partial charge in [-0.15, -0.1) is 0 Å². The third-order valence-corrected chi connectivity index (χ3v) is 4.76. The van der Waals surface area contributed by atoms with Gasteiger partial charge in [0.25, 0.3) is 5.91 Å². The standard InChI is InChI=1S/C20H26N2O3/c1-24-17-10-8-16(9-11-17)20(23)21-15-18(19-7-6-14-25-19)22-12-4-2-3-5-13-22/h6-11,14,18H,2-5,12-13,15H2,1H3,(H,21,23). The van der Waals surface area contributed by atoms with E-state index in [2.05, 4.69) is 10.2 Å². The monoisotopic (exact) mass is 342 g/mol. The van der Waals surface area contributed by atoms with E-state index in [1.54, 1.807) is 37.6 Å². The number of hydrogen-bond acceptors (Lipinski definition) is 4. The van der Waals surface area contributed by atoms with Crippen molar-refractivity contribution in [1.29, 1.82) is 0 Å². The molecule has 0 radical (unpaired) electrons. The number of rotatable bonds is 6. The SMILES string of the molecule is COc1ccc(C(=O)NCC(c2ccco2)N2CCCCCC2)cc1. The average Bonchev–Trinajstić information content (AvgIpc) is 3.05. The van der Waals surface area contributed by atoms with Gasteiger partial charge >= 0.3 is 0 Å². The number of carbonyl (C=O) groups is 1. The molecule has 0 bridgehead atoms. The van der Waals surface area contributed by atoms with Crippen molar-refractivity contribution in [1.82, 2.24) is 10.2 Å². The van der Waals surface area contributed by atoms with E-state index in [0.717, 1.165) is 24.6 Å². The van der Waals surface area contributed by atoms with E-state index in [1.807, 2.05) is 12.1 Å². The van der Waals surface area contributed by atoms with Crippen LogP contribution >= 0.6 is 0 Å². The van der Waals surface area contributed by atoms with Crippen LogP contribution in [0.4, 0.5) is 0 Å². The molecule has 1 fully saturated rings. The number of nitrogens with zero attached hydrogens (tertiary/aromatic N) is 1. The Balaban J connectivity index is 1.66. The average molecular weight is 342 g/mol. The Hall–Kier alpha value is -2.27. The molecule has 1 aromatic carbocycles. The molecule has 1 aliphatic heterocycles. The van der Waals surface area contributed by atoms with Crippen molar-refractivity contribution < 1.29 is 13.9 Å². The van der Waals surface area contributed by atoms with E-state index >= 15 is 0 Å². The number of furan rings is 1. The van der Waals surface area contributed by atoms with Gasteiger partial charge in [-0.25, -0.2) is 0 Å². The minimum Gasteiger partial charge on any atom is -0.497 e. The van der Waals surface area contributed by atoms with Crippen LogP contribution in [0.1, 0.15) is 47.8 Å². The minimum absolute atomic E-state index is 0.0750. The summed E-state index contributed by atoms with van der Waals surface area (Å²) in [7, 11) is 1.62. The molecule has 134 valence electrons. The highest BCUT2D eigenvalue weighted by molar-refractivity contribution is 5.94. The molecule has 2 aromatic rings. The first-order chi connectivity index (χ1) is 12.3. The zero-order chi connectivity index (χ0) is 17.5. The van der Waals surface area contributed by atoms with E-state index in [1.165, 1.54) is 25.7 Å². The molecule has 1 N–H and O–H groups in total. The molecule has 0 saturated carbocycles. The molecule has 0 spiro atoms. The molecule has 25 heavy (non-hydrogen) atoms. The lowest BCUT2D eigenvalue weighted by Crippen LogP contribution is -2.38. The molecule has 1 unspecified atom stereocenters. The number of nitrogens with one attached hydrogen (secondary N) is 1. The summed E-state index contributed by atoms with van der Waals surface area (Å²) in [5.41, 5.74) is 0.634. The van der Waals surface area contributed by atoms with Crippen LogP contribution in [0.2, 0.25) is 0 Å². The van der Waals surface area contributed by atoms with Gasteiger partial charge in [0.1, 0.15) is 11.5 Å². The Morgan fingerprint density at radius 1 is 1.16 bits per heavy atom. The van der Waals surface area contributed by atoms with Crippen LogP contribution in [0, 0.1) is 0 Å². The van der Waals surface area contributed by atoms with Crippen molar-refractivity contribution in [3.05, 3.63) is 54.0 Å². The fraction of sp³-hybridized carbons (Fsp3) is 0.450. The van der Waals surface area contributed by atoms with E-state index in [4.69, 9.17) is 9.15 Å². The molecule has 5 nitrogen and oxygen atoms in total. The summed E-state index contributed by atoms with van der Waals surface area (Å²) in [5.74, 6) is 1.58. The van der Waals surface area contributed by atoms with Crippen molar-refractivity contribution in [3.8, 4) is 5.75 Å². The Kier molecular flexibility index (Phi) is 6.12. The summed E-state index contributed by atoms with van der Waals surface area (Å²) in [5, 5.41) is 3.06. The first kappa shape index (κ1) is 17.5. The lowest BCUT2D eigenvalue weighted by atomic mass is 10.1. The number of carbonyl (C=O) groups excluding carboxylic acids is 1. The van der Waals surface area contributed by atoms with Crippen LogP contribution in [0.25, 0.3) is 0 Å². The summed E-state index contributed by atoms with van der Waals surface area (Å²) in [6.07, 6.45) is 6.65. The molecule has 1 amide bonds. The number of hydrogen-bond donors (Lipinski definition) is 1. The second-order valence-corrected chi connectivity index (χ2v) is 6.42. The summed E-state index contributed by atoms with van der Waals surface area (Å²) in [4.78, 5) is 14.9. The second kappa shape index (κ2) is 8.72. The molecular weight excluding hydrogens is 316 g/mol. The lowest BCUT2D eigenvalue weighted by Gasteiger charge is -2.29. The molecule has 1 saturated heterocycles. The van der Waals surface area contributed by atoms with Crippen LogP contribution < -0.4 is 10.1 Å². The predicted octanol–water partition coefficient (Wildman–Crippen LogP) is 3.64. The van der Waals surface area contributed by atoms with Crippen LogP contribution in [0.15, 0.2) is 47.1 Å². The van der Waals surface area contributed by atoms with Crippen molar-refractivity contribution in [3.63, 3.8) is 0 Å². The number of likely N-dealkylation sites (tertiary alicyclic amines) is 1. The highest BCUT2D eigenvalue weighted by Crippen LogP contribution is 2.24. The minimum atomic E-state index is -0.0750. The molecule has 1 atom stereocenters. The molecule has 1 aliphatic rings. The Bertz CT molecular complexity index is 644. The number of methoxy groups -OCH3 is 1. The van der Waals surface area contributed by atoms with Crippen molar-refractivity contribution in [2.75, 3.05) is 26.7 Å². The van der Waals surface area contributed by atoms with Crippen molar-refractivity contribution >= 4 is 5.91 Å². The number of amides is 1. The molecule has 5 heteroatoms. The van der Waals surface area contributed by atoms with Gasteiger partial charge in [-0.1, -0.05) is 12.8 Å². The summed E-state index contributed by atoms with van der Waals surface area (Å²) in [6.45, 7) is 2.63. The van der Waals surface area contributed by atoms with E-state index in [9.17, 15) is 4.79 Å². The van der Waals surface area contributed by atoms with Gasteiger partial charge in [0.2, 0.25) is 0 Å². The van der Waals surface area contributed by atoms with Crippen LogP contribution in [0.3, 0.4) is 0 Å². The van der Waals surface area contributed by atoms with Gasteiger partial charge in [-0.2, -0.15) is 0 Å². The summed E-state index contributed by atoms with van der Waals surface area (Å²) < 4.78 is 10.8. The van der Waals surface area contributed by atoms with Gasteiger partial charge in [0.15, 0.2) is 0 Å². The van der Waals surface area contributed by atoms with Gasteiger partial charge < -0.3 is 14.5 Å². The fourth-order valence-corrected chi connectivity index (χ4v) is 3.33. The van der Waals surface area contributed by atoms with Crippen LogP contribution in [-0.4, -0.2) is 37.6 Å². The predicted molar refractivity (Wildman–Crippen MR) is 96.8 cm³/mol. The zero-order valence-electron chi connectivity index (χ0n) is 14.7. The Morgan fingerprint density at radius 2 is 1.88 bits per heavy atom. The van der Waals surface area contributed by atoms with E-state index in [-0.39, 0.29) is 11.9 Å². The third kappa shape index (κ3) is 4.63. The van der Waals surface area contributed by atoms with Gasteiger partial charge in [0.05, 0.1) is 19.4 Å². The molecule has 0 aliphatic carbocycles. The zero-order valence-corrected chi connectivity index (χ0v) is 14.7. The maximum absolute atomic E-state index is 12.5. The maximum Gasteiger partial charge on any atom is 0.251 e. The first-order valence-electron chi connectivity index (χ1n) is 8.97. The number of benzene rings is 1. The highest BCUT2D eigenvalue weighted by atomic mass is 16.5. The molecule has 3 rings (SSSR count). The topological polar surface area (TPSA) is 54.7 Å². The lowest BCUT2D eigenvalue weighted by molar-refractivity contribution is 0.0927. The maximum atomic E-state index is 12.5. The molecular formula is C20H26N2O3.